The summed E-state index contributed by atoms with van der Waals surface area (Å²) in [4.78, 5) is 27.6. The molecule has 0 atom stereocenters. The standard InChI is InChI=1S/C23H28N4O2/c1-23(2,27-20(28)17-11-7-8-12-18(17)21(27)29)22-25-24-19(26(22)16-13-14-16)15-9-5-3-4-6-10-15/h7-8,11-12,15-16H,3-6,9-10,13-14H2,1-2H3. The van der Waals surface area contributed by atoms with Crippen LogP contribution in [-0.2, 0) is 5.54 Å². The summed E-state index contributed by atoms with van der Waals surface area (Å²) in [5.74, 6) is 1.76. The summed E-state index contributed by atoms with van der Waals surface area (Å²) in [5.41, 5.74) is 0.102. The van der Waals surface area contributed by atoms with Crippen LogP contribution in [0, 0.1) is 0 Å². The third-order valence-corrected chi connectivity index (χ3v) is 6.75. The molecule has 29 heavy (non-hydrogen) atoms. The summed E-state index contributed by atoms with van der Waals surface area (Å²) in [6.07, 6.45) is 9.59. The number of hydrogen-bond acceptors (Lipinski definition) is 4. The Kier molecular flexibility index (Phi) is 4.33. The van der Waals surface area contributed by atoms with Crippen molar-refractivity contribution in [2.45, 2.75) is 82.7 Å². The molecule has 0 saturated heterocycles. The summed E-state index contributed by atoms with van der Waals surface area (Å²) in [6.45, 7) is 3.85. The maximum atomic E-state index is 13.1. The molecule has 2 aliphatic carbocycles. The molecule has 3 aliphatic rings. The number of fused-ring (bicyclic) bond motifs is 1. The van der Waals surface area contributed by atoms with Crippen LogP contribution in [0.5, 0.6) is 0 Å². The Morgan fingerprint density at radius 2 is 1.45 bits per heavy atom. The molecule has 5 rings (SSSR count). The first-order valence-electron chi connectivity index (χ1n) is 10.9. The predicted molar refractivity (Wildman–Crippen MR) is 109 cm³/mol. The summed E-state index contributed by atoms with van der Waals surface area (Å²) in [7, 11) is 0. The second-order valence-corrected chi connectivity index (χ2v) is 9.22. The number of rotatable bonds is 4. The van der Waals surface area contributed by atoms with Gasteiger partial charge in [0, 0.05) is 12.0 Å². The number of nitrogens with zero attached hydrogens (tertiary/aromatic N) is 4. The summed E-state index contributed by atoms with van der Waals surface area (Å²) in [5, 5.41) is 9.24. The van der Waals surface area contributed by atoms with Gasteiger partial charge in [0.2, 0.25) is 0 Å². The molecule has 152 valence electrons. The minimum absolute atomic E-state index is 0.239. The van der Waals surface area contributed by atoms with Gasteiger partial charge in [0.15, 0.2) is 5.82 Å². The molecule has 0 unspecified atom stereocenters. The van der Waals surface area contributed by atoms with Crippen LogP contribution in [0.15, 0.2) is 24.3 Å². The molecule has 0 radical (unpaired) electrons. The highest BCUT2D eigenvalue weighted by Crippen LogP contribution is 2.44. The molecule has 0 bridgehead atoms. The first-order valence-corrected chi connectivity index (χ1v) is 10.9. The Morgan fingerprint density at radius 3 is 2.00 bits per heavy atom. The maximum absolute atomic E-state index is 13.1. The highest BCUT2D eigenvalue weighted by molar-refractivity contribution is 6.21. The van der Waals surface area contributed by atoms with Crippen LogP contribution in [-0.4, -0.2) is 31.5 Å². The lowest BCUT2D eigenvalue weighted by atomic mass is 9.98. The molecule has 2 fully saturated rings. The van der Waals surface area contributed by atoms with E-state index in [-0.39, 0.29) is 11.8 Å². The third-order valence-electron chi connectivity index (χ3n) is 6.75. The second-order valence-electron chi connectivity index (χ2n) is 9.22. The van der Waals surface area contributed by atoms with Crippen molar-refractivity contribution in [2.75, 3.05) is 0 Å². The van der Waals surface area contributed by atoms with E-state index in [2.05, 4.69) is 14.8 Å². The van der Waals surface area contributed by atoms with Crippen molar-refractivity contribution >= 4 is 11.8 Å². The van der Waals surface area contributed by atoms with Crippen LogP contribution >= 0.6 is 0 Å². The van der Waals surface area contributed by atoms with Gasteiger partial charge in [-0.2, -0.15) is 0 Å². The Balaban J connectivity index is 1.55. The molecule has 0 N–H and O–H groups in total. The quantitative estimate of drug-likeness (QED) is 0.564. The van der Waals surface area contributed by atoms with Gasteiger partial charge in [0.05, 0.1) is 11.1 Å². The van der Waals surface area contributed by atoms with Crippen molar-refractivity contribution < 1.29 is 9.59 Å². The van der Waals surface area contributed by atoms with Gasteiger partial charge in [0.1, 0.15) is 11.4 Å². The highest BCUT2D eigenvalue weighted by Gasteiger charge is 2.48. The number of amides is 2. The van der Waals surface area contributed by atoms with Gasteiger partial charge in [-0.1, -0.05) is 37.8 Å². The minimum atomic E-state index is -0.855. The molecular formula is C23H28N4O2. The third kappa shape index (κ3) is 2.92. The van der Waals surface area contributed by atoms with Crippen LogP contribution in [0.25, 0.3) is 0 Å². The second kappa shape index (κ2) is 6.78. The van der Waals surface area contributed by atoms with Crippen LogP contribution in [0.2, 0.25) is 0 Å². The maximum Gasteiger partial charge on any atom is 0.262 e. The molecule has 6 nitrogen and oxygen atoms in total. The average molecular weight is 393 g/mol. The van der Waals surface area contributed by atoms with E-state index in [0.717, 1.165) is 37.3 Å². The van der Waals surface area contributed by atoms with Crippen molar-refractivity contribution in [3.63, 3.8) is 0 Å². The van der Waals surface area contributed by atoms with Crippen LogP contribution in [0.3, 0.4) is 0 Å². The number of carbonyl (C=O) groups is 2. The van der Waals surface area contributed by atoms with Crippen LogP contribution in [0.4, 0.5) is 0 Å². The van der Waals surface area contributed by atoms with Gasteiger partial charge in [-0.25, -0.2) is 0 Å². The normalized spacial score (nSPS) is 20.8. The first-order chi connectivity index (χ1) is 14.0. The molecule has 0 spiro atoms. The lowest BCUT2D eigenvalue weighted by molar-refractivity contribution is 0.0453. The van der Waals surface area contributed by atoms with E-state index in [9.17, 15) is 9.59 Å². The van der Waals surface area contributed by atoms with Gasteiger partial charge < -0.3 is 4.57 Å². The Hall–Kier alpha value is -2.50. The summed E-state index contributed by atoms with van der Waals surface area (Å²) in [6, 6.07) is 7.46. The molecule has 2 saturated carbocycles. The minimum Gasteiger partial charge on any atom is -0.310 e. The van der Waals surface area contributed by atoms with E-state index >= 15 is 0 Å². The van der Waals surface area contributed by atoms with Gasteiger partial charge in [-0.3, -0.25) is 14.5 Å². The number of benzene rings is 1. The number of imide groups is 1. The van der Waals surface area contributed by atoms with Gasteiger partial charge in [-0.15, -0.1) is 10.2 Å². The Labute approximate surface area is 171 Å². The fraction of sp³-hybridized carbons (Fsp3) is 0.565. The molecule has 1 aliphatic heterocycles. The molecule has 2 aromatic rings. The fourth-order valence-corrected chi connectivity index (χ4v) is 5.03. The summed E-state index contributed by atoms with van der Waals surface area (Å²) < 4.78 is 2.28. The first kappa shape index (κ1) is 18.5. The van der Waals surface area contributed by atoms with E-state index in [1.165, 1.54) is 30.6 Å². The zero-order chi connectivity index (χ0) is 20.2. The largest absolute Gasteiger partial charge is 0.310 e. The molecule has 1 aromatic carbocycles. The highest BCUT2D eigenvalue weighted by atomic mass is 16.2. The van der Waals surface area contributed by atoms with Crippen LogP contribution in [0.1, 0.15) is 110 Å². The van der Waals surface area contributed by atoms with E-state index < -0.39 is 5.54 Å². The van der Waals surface area contributed by atoms with E-state index in [1.807, 2.05) is 13.8 Å². The van der Waals surface area contributed by atoms with Crippen LogP contribution < -0.4 is 0 Å². The van der Waals surface area contributed by atoms with Crippen molar-refractivity contribution in [1.82, 2.24) is 19.7 Å². The van der Waals surface area contributed by atoms with Crippen molar-refractivity contribution in [2.24, 2.45) is 0 Å². The predicted octanol–water partition coefficient (Wildman–Crippen LogP) is 4.58. The topological polar surface area (TPSA) is 68.1 Å². The van der Waals surface area contributed by atoms with Crippen molar-refractivity contribution in [3.05, 3.63) is 47.0 Å². The van der Waals surface area contributed by atoms with E-state index in [4.69, 9.17) is 0 Å². The van der Waals surface area contributed by atoms with Crippen molar-refractivity contribution in [3.8, 4) is 0 Å². The zero-order valence-corrected chi connectivity index (χ0v) is 17.2. The lowest BCUT2D eigenvalue weighted by Gasteiger charge is -2.33. The Morgan fingerprint density at radius 1 is 0.862 bits per heavy atom. The summed E-state index contributed by atoms with van der Waals surface area (Å²) >= 11 is 0. The SMILES string of the molecule is CC(C)(c1nnc(C2CCCCCC2)n1C1CC1)N1C(=O)c2ccccc2C1=O. The molecule has 2 heterocycles. The smallest absolute Gasteiger partial charge is 0.262 e. The van der Waals surface area contributed by atoms with E-state index in [1.54, 1.807) is 24.3 Å². The van der Waals surface area contributed by atoms with Gasteiger partial charge in [0.25, 0.3) is 11.8 Å². The number of carbonyl (C=O) groups excluding carboxylic acids is 2. The van der Waals surface area contributed by atoms with Gasteiger partial charge >= 0.3 is 0 Å². The van der Waals surface area contributed by atoms with Gasteiger partial charge in [-0.05, 0) is 51.7 Å². The molecule has 6 heteroatoms. The lowest BCUT2D eigenvalue weighted by Crippen LogP contribution is -2.47. The molecular weight excluding hydrogens is 364 g/mol. The van der Waals surface area contributed by atoms with E-state index in [0.29, 0.717) is 23.1 Å². The van der Waals surface area contributed by atoms with Crippen molar-refractivity contribution in [1.29, 1.82) is 0 Å². The number of hydrogen-bond donors (Lipinski definition) is 0. The average Bonchev–Trinajstić information content (AvgIpc) is 3.46. The zero-order valence-electron chi connectivity index (χ0n) is 17.2. The monoisotopic (exact) mass is 392 g/mol. The molecule has 2 amide bonds. The molecule has 1 aromatic heterocycles. The number of aromatic nitrogens is 3. The Bertz CT molecular complexity index is 930. The fourth-order valence-electron chi connectivity index (χ4n) is 5.03.